The number of amides is 2. The largest absolute Gasteiger partial charge is 0.345 e. The molecule has 1 aliphatic heterocycles. The lowest BCUT2D eigenvalue weighted by molar-refractivity contribution is 0.208. The molecule has 0 atom stereocenters. The summed E-state index contributed by atoms with van der Waals surface area (Å²) >= 11 is 1.52. The van der Waals surface area contributed by atoms with E-state index in [-0.39, 0.29) is 17.5 Å². The monoisotopic (exact) mass is 400 g/mol. The summed E-state index contributed by atoms with van der Waals surface area (Å²) in [5.74, 6) is -0.727. The number of hydrogen-bond acceptors (Lipinski definition) is 4. The zero-order valence-corrected chi connectivity index (χ0v) is 15.8. The van der Waals surface area contributed by atoms with Crippen molar-refractivity contribution in [3.05, 3.63) is 65.5 Å². The predicted molar refractivity (Wildman–Crippen MR) is 107 cm³/mol. The molecule has 2 amide bonds. The Morgan fingerprint density at radius 1 is 1.00 bits per heavy atom. The maximum Gasteiger partial charge on any atom is 0.322 e. The summed E-state index contributed by atoms with van der Waals surface area (Å²) < 4.78 is 26.8. The number of carbonyl (C=O) groups excluding carboxylic acids is 1. The Bertz CT molecular complexity index is 968. The summed E-state index contributed by atoms with van der Waals surface area (Å²) in [4.78, 5) is 20.8. The van der Waals surface area contributed by atoms with Gasteiger partial charge in [-0.2, -0.15) is 0 Å². The van der Waals surface area contributed by atoms with Gasteiger partial charge in [0, 0.05) is 37.1 Å². The molecule has 2 aromatic carbocycles. The number of halogens is 2. The SMILES string of the molecule is O=C(Nc1ccccc1F)N1CCN(c2nc(-c3ccc(F)cc3)cs2)CC1. The number of thiazole rings is 1. The lowest BCUT2D eigenvalue weighted by Crippen LogP contribution is -2.50. The normalized spacial score (nSPS) is 14.2. The fraction of sp³-hybridized carbons (Fsp3) is 0.200. The highest BCUT2D eigenvalue weighted by atomic mass is 32.1. The summed E-state index contributed by atoms with van der Waals surface area (Å²) in [5, 5.41) is 5.43. The van der Waals surface area contributed by atoms with Crippen molar-refractivity contribution in [1.29, 1.82) is 0 Å². The van der Waals surface area contributed by atoms with Gasteiger partial charge in [-0.25, -0.2) is 18.6 Å². The van der Waals surface area contributed by atoms with E-state index in [1.807, 2.05) is 5.38 Å². The van der Waals surface area contributed by atoms with Gasteiger partial charge in [0.15, 0.2) is 5.13 Å². The zero-order chi connectivity index (χ0) is 19.5. The molecule has 0 unspecified atom stereocenters. The molecule has 5 nitrogen and oxygen atoms in total. The molecule has 0 radical (unpaired) electrons. The van der Waals surface area contributed by atoms with Crippen molar-refractivity contribution in [2.24, 2.45) is 0 Å². The number of nitrogens with zero attached hydrogens (tertiary/aromatic N) is 3. The Hall–Kier alpha value is -3.00. The number of rotatable bonds is 3. The van der Waals surface area contributed by atoms with Gasteiger partial charge < -0.3 is 15.1 Å². The van der Waals surface area contributed by atoms with Gasteiger partial charge in [-0.1, -0.05) is 12.1 Å². The summed E-state index contributed by atoms with van der Waals surface area (Å²) in [6.45, 7) is 2.32. The maximum absolute atomic E-state index is 13.7. The molecular formula is C20H18F2N4OS. The molecular weight excluding hydrogens is 382 g/mol. The Kier molecular flexibility index (Phi) is 5.21. The third-order valence-electron chi connectivity index (χ3n) is 4.58. The molecule has 1 N–H and O–H groups in total. The molecule has 144 valence electrons. The third kappa shape index (κ3) is 3.96. The van der Waals surface area contributed by atoms with Gasteiger partial charge in [0.2, 0.25) is 0 Å². The molecule has 0 bridgehead atoms. The van der Waals surface area contributed by atoms with E-state index in [4.69, 9.17) is 0 Å². The number of piperazine rings is 1. The van der Waals surface area contributed by atoms with Crippen LogP contribution in [0.25, 0.3) is 11.3 Å². The van der Waals surface area contributed by atoms with Gasteiger partial charge in [-0.15, -0.1) is 11.3 Å². The fourth-order valence-electron chi connectivity index (χ4n) is 3.02. The summed E-state index contributed by atoms with van der Waals surface area (Å²) in [5.41, 5.74) is 1.85. The van der Waals surface area contributed by atoms with E-state index >= 15 is 0 Å². The molecule has 2 heterocycles. The average Bonchev–Trinajstić information content (AvgIpc) is 3.20. The highest BCUT2D eigenvalue weighted by Crippen LogP contribution is 2.28. The van der Waals surface area contributed by atoms with Crippen LogP contribution in [0.3, 0.4) is 0 Å². The van der Waals surface area contributed by atoms with Crippen LogP contribution in [0.2, 0.25) is 0 Å². The first-order valence-electron chi connectivity index (χ1n) is 8.87. The number of nitrogens with one attached hydrogen (secondary N) is 1. The van der Waals surface area contributed by atoms with Crippen LogP contribution in [0.1, 0.15) is 0 Å². The number of hydrogen-bond donors (Lipinski definition) is 1. The molecule has 0 saturated carbocycles. The number of para-hydroxylation sites is 1. The van der Waals surface area contributed by atoms with Crippen molar-refractivity contribution in [3.63, 3.8) is 0 Å². The maximum atomic E-state index is 13.7. The average molecular weight is 400 g/mol. The number of urea groups is 1. The van der Waals surface area contributed by atoms with E-state index in [9.17, 15) is 13.6 Å². The summed E-state index contributed by atoms with van der Waals surface area (Å²) in [6.07, 6.45) is 0. The standard InChI is InChI=1S/C20H18F2N4OS/c21-15-7-5-14(6-8-15)18-13-28-20(24-18)26-11-9-25(10-12-26)19(27)23-17-4-2-1-3-16(17)22/h1-8,13H,9-12H2,(H,23,27). The second kappa shape index (κ2) is 7.93. The second-order valence-corrected chi connectivity index (χ2v) is 7.24. The van der Waals surface area contributed by atoms with E-state index in [0.29, 0.717) is 26.2 Å². The minimum absolute atomic E-state index is 0.179. The van der Waals surface area contributed by atoms with Gasteiger partial charge in [0.25, 0.3) is 0 Å². The van der Waals surface area contributed by atoms with Gasteiger partial charge in [0.1, 0.15) is 11.6 Å². The first-order chi connectivity index (χ1) is 13.6. The number of carbonyl (C=O) groups is 1. The number of benzene rings is 2. The van der Waals surface area contributed by atoms with Crippen LogP contribution in [0.4, 0.5) is 24.4 Å². The summed E-state index contributed by atoms with van der Waals surface area (Å²) in [7, 11) is 0. The topological polar surface area (TPSA) is 48.5 Å². The zero-order valence-electron chi connectivity index (χ0n) is 14.9. The minimum atomic E-state index is -0.453. The van der Waals surface area contributed by atoms with Crippen molar-refractivity contribution in [2.45, 2.75) is 0 Å². The van der Waals surface area contributed by atoms with E-state index in [1.54, 1.807) is 29.2 Å². The van der Waals surface area contributed by atoms with Crippen molar-refractivity contribution in [2.75, 3.05) is 36.4 Å². The molecule has 1 aliphatic rings. The van der Waals surface area contributed by atoms with Crippen LogP contribution in [-0.2, 0) is 0 Å². The highest BCUT2D eigenvalue weighted by molar-refractivity contribution is 7.14. The van der Waals surface area contributed by atoms with Gasteiger partial charge in [-0.05, 0) is 36.4 Å². The van der Waals surface area contributed by atoms with E-state index < -0.39 is 5.82 Å². The third-order valence-corrected chi connectivity index (χ3v) is 5.49. The summed E-state index contributed by atoms with van der Waals surface area (Å²) in [6, 6.07) is 12.1. The Morgan fingerprint density at radius 3 is 2.43 bits per heavy atom. The molecule has 28 heavy (non-hydrogen) atoms. The fourth-order valence-corrected chi connectivity index (χ4v) is 3.91. The van der Waals surface area contributed by atoms with Crippen LogP contribution in [-0.4, -0.2) is 42.1 Å². The van der Waals surface area contributed by atoms with Crippen molar-refractivity contribution in [1.82, 2.24) is 9.88 Å². The lowest BCUT2D eigenvalue weighted by atomic mass is 10.2. The van der Waals surface area contributed by atoms with Crippen molar-refractivity contribution in [3.8, 4) is 11.3 Å². The molecule has 8 heteroatoms. The molecule has 0 aliphatic carbocycles. The first kappa shape index (κ1) is 18.4. The number of aromatic nitrogens is 1. The van der Waals surface area contributed by atoms with Crippen molar-refractivity contribution >= 4 is 28.2 Å². The molecule has 1 fully saturated rings. The lowest BCUT2D eigenvalue weighted by Gasteiger charge is -2.34. The molecule has 0 spiro atoms. The van der Waals surface area contributed by atoms with Gasteiger partial charge >= 0.3 is 6.03 Å². The second-order valence-electron chi connectivity index (χ2n) is 6.41. The van der Waals surface area contributed by atoms with E-state index in [2.05, 4.69) is 15.2 Å². The van der Waals surface area contributed by atoms with Gasteiger partial charge in [-0.3, -0.25) is 0 Å². The Labute approximate surface area is 165 Å². The molecule has 3 aromatic rings. The molecule has 4 rings (SSSR count). The van der Waals surface area contributed by atoms with Crippen molar-refractivity contribution < 1.29 is 13.6 Å². The minimum Gasteiger partial charge on any atom is -0.345 e. The molecule has 1 aromatic heterocycles. The van der Waals surface area contributed by atoms with Crippen LogP contribution in [0.15, 0.2) is 53.9 Å². The Morgan fingerprint density at radius 2 is 1.71 bits per heavy atom. The quantitative estimate of drug-likeness (QED) is 0.707. The van der Waals surface area contributed by atoms with Crippen LogP contribution >= 0.6 is 11.3 Å². The highest BCUT2D eigenvalue weighted by Gasteiger charge is 2.23. The van der Waals surface area contributed by atoms with Crippen LogP contribution in [0.5, 0.6) is 0 Å². The van der Waals surface area contributed by atoms with Gasteiger partial charge in [0.05, 0.1) is 11.4 Å². The van der Waals surface area contributed by atoms with E-state index in [0.717, 1.165) is 16.4 Å². The predicted octanol–water partition coefficient (Wildman–Crippen LogP) is 4.44. The van der Waals surface area contributed by atoms with Crippen LogP contribution < -0.4 is 10.2 Å². The smallest absolute Gasteiger partial charge is 0.322 e. The number of anilines is 2. The first-order valence-corrected chi connectivity index (χ1v) is 9.75. The van der Waals surface area contributed by atoms with Crippen LogP contribution in [0, 0.1) is 11.6 Å². The molecule has 1 saturated heterocycles. The van der Waals surface area contributed by atoms with E-state index in [1.165, 1.54) is 35.6 Å². The Balaban J connectivity index is 1.36.